The molecule has 0 saturated carbocycles. The molecule has 0 bridgehead atoms. The molecule has 0 aliphatic carbocycles. The second-order valence-corrected chi connectivity index (χ2v) is 9.10. The summed E-state index contributed by atoms with van der Waals surface area (Å²) in [6, 6.07) is 8.96. The molecule has 2 aliphatic rings. The van der Waals surface area contributed by atoms with Crippen LogP contribution >= 0.6 is 0 Å². The highest BCUT2D eigenvalue weighted by Gasteiger charge is 2.26. The lowest BCUT2D eigenvalue weighted by Gasteiger charge is -2.39. The minimum absolute atomic E-state index is 0.458. The van der Waals surface area contributed by atoms with Gasteiger partial charge in [0.05, 0.1) is 30.0 Å². The monoisotopic (exact) mass is 445 g/mol. The molecule has 4 heterocycles. The van der Waals surface area contributed by atoms with Crippen molar-refractivity contribution in [2.45, 2.75) is 44.7 Å². The van der Waals surface area contributed by atoms with E-state index in [9.17, 15) is 4.79 Å². The quantitative estimate of drug-likeness (QED) is 0.576. The molecule has 0 atom stereocenters. The van der Waals surface area contributed by atoms with Crippen molar-refractivity contribution < 1.29 is 9.53 Å². The van der Waals surface area contributed by atoms with E-state index in [2.05, 4.69) is 26.4 Å². The van der Waals surface area contributed by atoms with Gasteiger partial charge in [-0.25, -0.2) is 4.68 Å². The molecule has 172 valence electrons. The summed E-state index contributed by atoms with van der Waals surface area (Å²) in [7, 11) is 0. The summed E-state index contributed by atoms with van der Waals surface area (Å²) in [5.74, 6) is 0. The van der Waals surface area contributed by atoms with Crippen LogP contribution in [0.4, 0.5) is 5.69 Å². The Hall–Kier alpha value is -3.03. The zero-order valence-electron chi connectivity index (χ0n) is 19.1. The number of aryl methyl sites for hydroxylation is 1. The molecular formula is C26H31N5O2. The first-order valence-corrected chi connectivity index (χ1v) is 11.8. The second kappa shape index (κ2) is 9.85. The van der Waals surface area contributed by atoms with Crippen LogP contribution in [0, 0.1) is 6.92 Å². The van der Waals surface area contributed by atoms with Gasteiger partial charge in [-0.15, -0.1) is 0 Å². The molecule has 0 amide bonds. The van der Waals surface area contributed by atoms with Gasteiger partial charge in [0.25, 0.3) is 0 Å². The predicted molar refractivity (Wildman–Crippen MR) is 129 cm³/mol. The summed E-state index contributed by atoms with van der Waals surface area (Å²) in [6.07, 6.45) is 13.0. The van der Waals surface area contributed by atoms with E-state index in [4.69, 9.17) is 4.74 Å². The average molecular weight is 446 g/mol. The average Bonchev–Trinajstić information content (AvgIpc) is 3.36. The molecule has 0 radical (unpaired) electrons. The minimum Gasteiger partial charge on any atom is -0.381 e. The molecule has 2 fully saturated rings. The van der Waals surface area contributed by atoms with Crippen molar-refractivity contribution in [3.63, 3.8) is 0 Å². The van der Waals surface area contributed by atoms with Crippen LogP contribution in [0.2, 0.25) is 0 Å². The van der Waals surface area contributed by atoms with Crippen molar-refractivity contribution in [2.75, 3.05) is 31.6 Å². The third-order valence-corrected chi connectivity index (χ3v) is 6.89. The number of carbonyl (C=O) groups excluding carboxylic acids is 1. The summed E-state index contributed by atoms with van der Waals surface area (Å²) >= 11 is 0. The van der Waals surface area contributed by atoms with Crippen LogP contribution < -0.4 is 5.32 Å². The Morgan fingerprint density at radius 3 is 2.67 bits per heavy atom. The van der Waals surface area contributed by atoms with E-state index in [1.165, 1.54) is 0 Å². The summed E-state index contributed by atoms with van der Waals surface area (Å²) in [5, 5.41) is 8.24. The normalized spacial score (nSPS) is 18.3. The van der Waals surface area contributed by atoms with E-state index < -0.39 is 0 Å². The number of ether oxygens (including phenoxy) is 1. The molecule has 2 saturated heterocycles. The number of nitrogens with one attached hydrogen (secondary N) is 1. The Morgan fingerprint density at radius 2 is 1.88 bits per heavy atom. The first kappa shape index (κ1) is 21.8. The van der Waals surface area contributed by atoms with Gasteiger partial charge in [-0.1, -0.05) is 12.1 Å². The Balaban J connectivity index is 1.24. The third-order valence-electron chi connectivity index (χ3n) is 6.89. The lowest BCUT2D eigenvalue weighted by molar-refractivity contribution is 0.0262. The van der Waals surface area contributed by atoms with E-state index in [-0.39, 0.29) is 0 Å². The maximum atomic E-state index is 11.2. The van der Waals surface area contributed by atoms with Crippen LogP contribution in [0.15, 0.2) is 49.1 Å². The van der Waals surface area contributed by atoms with Crippen molar-refractivity contribution in [1.29, 1.82) is 0 Å². The molecular weight excluding hydrogens is 414 g/mol. The molecule has 33 heavy (non-hydrogen) atoms. The number of piperidine rings is 1. The van der Waals surface area contributed by atoms with E-state index in [0.29, 0.717) is 17.6 Å². The number of anilines is 1. The van der Waals surface area contributed by atoms with Crippen molar-refractivity contribution in [1.82, 2.24) is 19.7 Å². The molecule has 7 nitrogen and oxygen atoms in total. The van der Waals surface area contributed by atoms with Crippen molar-refractivity contribution in [3.8, 4) is 16.8 Å². The van der Waals surface area contributed by atoms with Gasteiger partial charge in [-0.05, 0) is 55.9 Å². The standard InChI is InChI=1S/C26H31N5O2/c1-19-2-3-20(18-32)12-26(19)21-14-28-31(17-21)25-13-23(15-27-16-25)29-22-4-8-30(9-5-22)24-6-10-33-11-7-24/h2-3,12-18,22,24,29H,4-11H2,1H3. The number of nitrogens with zero attached hydrogens (tertiary/aromatic N) is 4. The van der Waals surface area contributed by atoms with Gasteiger partial charge in [0.2, 0.25) is 0 Å². The van der Waals surface area contributed by atoms with Gasteiger partial charge in [-0.3, -0.25) is 9.78 Å². The maximum absolute atomic E-state index is 11.2. The first-order valence-electron chi connectivity index (χ1n) is 11.8. The molecule has 2 aliphatic heterocycles. The van der Waals surface area contributed by atoms with Crippen LogP contribution in [0.3, 0.4) is 0 Å². The van der Waals surface area contributed by atoms with E-state index in [0.717, 1.165) is 86.3 Å². The molecule has 0 spiro atoms. The third kappa shape index (κ3) is 4.99. The maximum Gasteiger partial charge on any atom is 0.150 e. The molecule has 1 N–H and O–H groups in total. The number of hydrogen-bond donors (Lipinski definition) is 1. The predicted octanol–water partition coefficient (Wildman–Crippen LogP) is 4.11. The zero-order valence-corrected chi connectivity index (χ0v) is 19.1. The molecule has 5 rings (SSSR count). The zero-order chi connectivity index (χ0) is 22.6. The second-order valence-electron chi connectivity index (χ2n) is 9.10. The van der Waals surface area contributed by atoms with Gasteiger partial charge in [-0.2, -0.15) is 5.10 Å². The van der Waals surface area contributed by atoms with Gasteiger partial charge < -0.3 is 15.0 Å². The fraction of sp³-hybridized carbons (Fsp3) is 0.423. The van der Waals surface area contributed by atoms with Gasteiger partial charge in [0.1, 0.15) is 6.29 Å². The number of aromatic nitrogens is 3. The van der Waals surface area contributed by atoms with Crippen molar-refractivity contribution in [2.24, 2.45) is 0 Å². The van der Waals surface area contributed by atoms with Gasteiger partial charge in [0.15, 0.2) is 0 Å². The molecule has 0 unspecified atom stereocenters. The number of hydrogen-bond acceptors (Lipinski definition) is 6. The number of pyridine rings is 1. The number of carbonyl (C=O) groups is 1. The highest BCUT2D eigenvalue weighted by atomic mass is 16.5. The smallest absolute Gasteiger partial charge is 0.150 e. The minimum atomic E-state index is 0.458. The highest BCUT2D eigenvalue weighted by molar-refractivity contribution is 5.80. The molecule has 2 aromatic heterocycles. The Bertz CT molecular complexity index is 1100. The van der Waals surface area contributed by atoms with Crippen LogP contribution in [0.1, 0.15) is 41.6 Å². The first-order chi connectivity index (χ1) is 16.2. The fourth-order valence-electron chi connectivity index (χ4n) is 4.95. The molecule has 3 aromatic rings. The van der Waals surface area contributed by atoms with E-state index >= 15 is 0 Å². The van der Waals surface area contributed by atoms with Gasteiger partial charge >= 0.3 is 0 Å². The van der Waals surface area contributed by atoms with E-state index in [1.807, 2.05) is 54.6 Å². The number of benzene rings is 1. The lowest BCUT2D eigenvalue weighted by atomic mass is 9.99. The largest absolute Gasteiger partial charge is 0.381 e. The van der Waals surface area contributed by atoms with Crippen LogP contribution in [-0.4, -0.2) is 64.3 Å². The van der Waals surface area contributed by atoms with Crippen molar-refractivity contribution in [3.05, 3.63) is 60.2 Å². The van der Waals surface area contributed by atoms with Crippen LogP contribution in [0.5, 0.6) is 0 Å². The highest BCUT2D eigenvalue weighted by Crippen LogP contribution is 2.26. The number of rotatable bonds is 6. The van der Waals surface area contributed by atoms with Gasteiger partial charge in [0, 0.05) is 55.7 Å². The van der Waals surface area contributed by atoms with Crippen LogP contribution in [0.25, 0.3) is 16.8 Å². The summed E-state index contributed by atoms with van der Waals surface area (Å²) in [4.78, 5) is 18.3. The lowest BCUT2D eigenvalue weighted by Crippen LogP contribution is -2.46. The van der Waals surface area contributed by atoms with Crippen molar-refractivity contribution >= 4 is 12.0 Å². The number of aldehydes is 1. The Morgan fingerprint density at radius 1 is 1.06 bits per heavy atom. The fourth-order valence-corrected chi connectivity index (χ4v) is 4.95. The Labute approximate surface area is 194 Å². The molecule has 1 aromatic carbocycles. The number of likely N-dealkylation sites (tertiary alicyclic amines) is 1. The Kier molecular flexibility index (Phi) is 6.51. The summed E-state index contributed by atoms with van der Waals surface area (Å²) < 4.78 is 7.36. The SMILES string of the molecule is Cc1ccc(C=O)cc1-c1cnn(-c2cncc(NC3CCN(C4CCOCC4)CC3)c2)c1. The topological polar surface area (TPSA) is 72.3 Å². The summed E-state index contributed by atoms with van der Waals surface area (Å²) in [5.41, 5.74) is 5.71. The summed E-state index contributed by atoms with van der Waals surface area (Å²) in [6.45, 7) is 6.12. The molecule has 7 heteroatoms. The van der Waals surface area contributed by atoms with E-state index in [1.54, 1.807) is 0 Å². The van der Waals surface area contributed by atoms with Crippen LogP contribution in [-0.2, 0) is 4.74 Å².